The van der Waals surface area contributed by atoms with Crippen molar-refractivity contribution >= 4 is 33.1 Å². The number of hydrogen-bond acceptors (Lipinski definition) is 4. The molecule has 18 heavy (non-hydrogen) atoms. The first kappa shape index (κ1) is 11.0. The van der Waals surface area contributed by atoms with Gasteiger partial charge in [0.25, 0.3) is 0 Å². The number of ether oxygens (including phenoxy) is 1. The van der Waals surface area contributed by atoms with Crippen molar-refractivity contribution < 1.29 is 4.74 Å². The molecule has 0 radical (unpaired) electrons. The van der Waals surface area contributed by atoms with Gasteiger partial charge in [0.2, 0.25) is 0 Å². The van der Waals surface area contributed by atoms with Crippen LogP contribution in [-0.2, 0) is 0 Å². The highest BCUT2D eigenvalue weighted by Gasteiger charge is 2.05. The molecule has 1 N–H and O–H groups in total. The molecule has 0 atom stereocenters. The number of nitrogens with zero attached hydrogens (tertiary/aromatic N) is 1. The van der Waals surface area contributed by atoms with Crippen molar-refractivity contribution in [2.45, 2.75) is 0 Å². The van der Waals surface area contributed by atoms with E-state index in [0.717, 1.165) is 22.6 Å². The Hall–Kier alpha value is -2.07. The molecule has 0 aliphatic rings. The van der Waals surface area contributed by atoms with Gasteiger partial charge in [-0.3, -0.25) is 0 Å². The molecule has 0 fully saturated rings. The van der Waals surface area contributed by atoms with Crippen LogP contribution in [0.4, 0.5) is 11.5 Å². The quantitative estimate of drug-likeness (QED) is 0.767. The maximum atomic E-state index is 5.20. The van der Waals surface area contributed by atoms with Gasteiger partial charge in [-0.2, -0.15) is 4.37 Å². The highest BCUT2D eigenvalue weighted by molar-refractivity contribution is 7.13. The normalized spacial score (nSPS) is 10.5. The molecular formula is C14H12N2OS. The van der Waals surface area contributed by atoms with E-state index in [1.54, 1.807) is 7.11 Å². The van der Waals surface area contributed by atoms with Gasteiger partial charge in [0, 0.05) is 17.1 Å². The Morgan fingerprint density at radius 1 is 1.11 bits per heavy atom. The number of rotatable bonds is 3. The molecule has 0 saturated heterocycles. The van der Waals surface area contributed by atoms with E-state index >= 15 is 0 Å². The molecule has 3 nitrogen and oxygen atoms in total. The minimum absolute atomic E-state index is 0.833. The van der Waals surface area contributed by atoms with Gasteiger partial charge in [0.15, 0.2) is 5.82 Å². The summed E-state index contributed by atoms with van der Waals surface area (Å²) in [6, 6.07) is 16.0. The van der Waals surface area contributed by atoms with Crippen LogP contribution in [0.25, 0.3) is 10.1 Å². The molecule has 1 aromatic heterocycles. The van der Waals surface area contributed by atoms with E-state index in [4.69, 9.17) is 4.74 Å². The third kappa shape index (κ3) is 2.02. The van der Waals surface area contributed by atoms with Gasteiger partial charge >= 0.3 is 0 Å². The predicted octanol–water partition coefficient (Wildman–Crippen LogP) is 4.05. The van der Waals surface area contributed by atoms with E-state index in [1.165, 1.54) is 16.2 Å². The van der Waals surface area contributed by atoms with E-state index in [-0.39, 0.29) is 0 Å². The third-order valence-corrected chi connectivity index (χ3v) is 3.54. The molecule has 0 bridgehead atoms. The summed E-state index contributed by atoms with van der Waals surface area (Å²) in [5, 5.41) is 4.46. The van der Waals surface area contributed by atoms with Crippen molar-refractivity contribution in [3.05, 3.63) is 48.5 Å². The summed E-state index contributed by atoms with van der Waals surface area (Å²) in [7, 11) is 1.66. The van der Waals surface area contributed by atoms with Gasteiger partial charge in [0.1, 0.15) is 5.75 Å². The molecule has 90 valence electrons. The first-order valence-electron chi connectivity index (χ1n) is 5.62. The Labute approximate surface area is 109 Å². The van der Waals surface area contributed by atoms with Gasteiger partial charge in [0.05, 0.1) is 11.8 Å². The van der Waals surface area contributed by atoms with Crippen LogP contribution >= 0.6 is 11.5 Å². The van der Waals surface area contributed by atoms with Crippen molar-refractivity contribution in [3.63, 3.8) is 0 Å². The van der Waals surface area contributed by atoms with Gasteiger partial charge in [-0.25, -0.2) is 0 Å². The van der Waals surface area contributed by atoms with E-state index in [9.17, 15) is 0 Å². The number of aromatic nitrogens is 1. The highest BCUT2D eigenvalue weighted by Crippen LogP contribution is 2.29. The van der Waals surface area contributed by atoms with Crippen LogP contribution in [0.1, 0.15) is 0 Å². The van der Waals surface area contributed by atoms with Gasteiger partial charge in [-0.1, -0.05) is 18.2 Å². The fourth-order valence-electron chi connectivity index (χ4n) is 1.81. The smallest absolute Gasteiger partial charge is 0.151 e. The number of methoxy groups -OCH3 is 1. The Morgan fingerprint density at radius 3 is 2.89 bits per heavy atom. The van der Waals surface area contributed by atoms with Crippen molar-refractivity contribution in [2.75, 3.05) is 12.4 Å². The Kier molecular flexibility index (Phi) is 2.86. The number of benzene rings is 2. The second-order valence-corrected chi connectivity index (χ2v) is 4.69. The summed E-state index contributed by atoms with van der Waals surface area (Å²) in [6.45, 7) is 0. The minimum Gasteiger partial charge on any atom is -0.497 e. The van der Waals surface area contributed by atoms with Crippen molar-refractivity contribution in [3.8, 4) is 5.75 Å². The average Bonchev–Trinajstić information content (AvgIpc) is 2.83. The first-order chi connectivity index (χ1) is 8.86. The third-order valence-electron chi connectivity index (χ3n) is 2.71. The van der Waals surface area contributed by atoms with Crippen LogP contribution in [0.2, 0.25) is 0 Å². The lowest BCUT2D eigenvalue weighted by Crippen LogP contribution is -1.91. The molecule has 0 amide bonds. The molecule has 1 heterocycles. The van der Waals surface area contributed by atoms with E-state index in [2.05, 4.69) is 21.8 Å². The second kappa shape index (κ2) is 4.66. The first-order valence-corrected chi connectivity index (χ1v) is 6.39. The van der Waals surface area contributed by atoms with Gasteiger partial charge < -0.3 is 10.1 Å². The average molecular weight is 256 g/mol. The summed E-state index contributed by atoms with van der Waals surface area (Å²) < 4.78 is 10.8. The van der Waals surface area contributed by atoms with Gasteiger partial charge in [-0.15, -0.1) is 0 Å². The van der Waals surface area contributed by atoms with Crippen LogP contribution in [0.3, 0.4) is 0 Å². The summed E-state index contributed by atoms with van der Waals surface area (Å²) in [5.41, 5.74) is 0.977. The van der Waals surface area contributed by atoms with Crippen LogP contribution in [0.5, 0.6) is 5.75 Å². The number of hydrogen-bond donors (Lipinski definition) is 1. The molecule has 0 spiro atoms. The van der Waals surface area contributed by atoms with Crippen molar-refractivity contribution in [1.82, 2.24) is 4.37 Å². The molecule has 0 unspecified atom stereocenters. The van der Waals surface area contributed by atoms with Crippen molar-refractivity contribution in [1.29, 1.82) is 0 Å². The highest BCUT2D eigenvalue weighted by atomic mass is 32.1. The summed E-state index contributed by atoms with van der Waals surface area (Å²) in [5.74, 6) is 1.73. The van der Waals surface area contributed by atoms with Crippen LogP contribution in [0.15, 0.2) is 48.5 Å². The SMILES string of the molecule is COc1cccc(Nc2nsc3ccccc23)c1. The zero-order valence-electron chi connectivity index (χ0n) is 9.88. The number of fused-ring (bicyclic) bond motifs is 1. The second-order valence-electron chi connectivity index (χ2n) is 3.88. The zero-order valence-corrected chi connectivity index (χ0v) is 10.7. The minimum atomic E-state index is 0.833. The number of anilines is 2. The molecule has 3 aromatic rings. The number of nitrogens with one attached hydrogen (secondary N) is 1. The van der Waals surface area contributed by atoms with Crippen molar-refractivity contribution in [2.24, 2.45) is 0 Å². The molecule has 0 aliphatic carbocycles. The zero-order chi connectivity index (χ0) is 12.4. The summed E-state index contributed by atoms with van der Waals surface area (Å²) in [6.07, 6.45) is 0. The lowest BCUT2D eigenvalue weighted by Gasteiger charge is -2.05. The van der Waals surface area contributed by atoms with Crippen LogP contribution in [0, 0.1) is 0 Å². The maximum absolute atomic E-state index is 5.20. The van der Waals surface area contributed by atoms with Gasteiger partial charge in [-0.05, 0) is 35.8 Å². The predicted molar refractivity (Wildman–Crippen MR) is 75.9 cm³/mol. The summed E-state index contributed by atoms with van der Waals surface area (Å²) in [4.78, 5) is 0. The van der Waals surface area contributed by atoms with Crippen LogP contribution in [-0.4, -0.2) is 11.5 Å². The Balaban J connectivity index is 1.96. The molecule has 4 heteroatoms. The molecule has 2 aromatic carbocycles. The lowest BCUT2D eigenvalue weighted by atomic mass is 10.2. The van der Waals surface area contributed by atoms with E-state index < -0.39 is 0 Å². The topological polar surface area (TPSA) is 34.1 Å². The molecular weight excluding hydrogens is 244 g/mol. The van der Waals surface area contributed by atoms with E-state index in [1.807, 2.05) is 36.4 Å². The molecule has 0 aliphatic heterocycles. The fourth-order valence-corrected chi connectivity index (χ4v) is 2.55. The standard InChI is InChI=1S/C14H12N2OS/c1-17-11-6-4-5-10(9-11)15-14-12-7-2-3-8-13(12)18-16-14/h2-9H,1H3,(H,15,16). The Bertz CT molecular complexity index is 678. The van der Waals surface area contributed by atoms with E-state index in [0.29, 0.717) is 0 Å². The largest absolute Gasteiger partial charge is 0.497 e. The monoisotopic (exact) mass is 256 g/mol. The maximum Gasteiger partial charge on any atom is 0.151 e. The Morgan fingerprint density at radius 2 is 2.00 bits per heavy atom. The molecule has 3 rings (SSSR count). The molecule has 0 saturated carbocycles. The fraction of sp³-hybridized carbons (Fsp3) is 0.0714. The lowest BCUT2D eigenvalue weighted by molar-refractivity contribution is 0.415. The summed E-state index contributed by atoms with van der Waals surface area (Å²) >= 11 is 1.50. The van der Waals surface area contributed by atoms with Crippen LogP contribution < -0.4 is 10.1 Å².